The summed E-state index contributed by atoms with van der Waals surface area (Å²) in [5.74, 6) is -0.356. The SMILES string of the molecule is CCCCCc1cc2c(CCCCCNC(=O)CCC(C)(C)OCCC(C)(C)NC(=O)CCN3C(=O)C=CC3=O)cccc2nc1N. The lowest BCUT2D eigenvalue weighted by Crippen LogP contribution is -2.46. The normalized spacial score (nSPS) is 13.5. The average molecular weight is 650 g/mol. The van der Waals surface area contributed by atoms with Gasteiger partial charge in [0.25, 0.3) is 11.8 Å². The van der Waals surface area contributed by atoms with Gasteiger partial charge in [-0.3, -0.25) is 24.1 Å². The van der Waals surface area contributed by atoms with Crippen molar-refractivity contribution in [1.82, 2.24) is 20.5 Å². The summed E-state index contributed by atoms with van der Waals surface area (Å²) in [5.41, 5.74) is 8.62. The van der Waals surface area contributed by atoms with Crippen LogP contribution in [-0.2, 0) is 36.8 Å². The largest absolute Gasteiger partial charge is 0.383 e. The second-order valence-corrected chi connectivity index (χ2v) is 13.8. The first-order valence-electron chi connectivity index (χ1n) is 17.2. The topological polar surface area (TPSA) is 144 Å². The van der Waals surface area contributed by atoms with Gasteiger partial charge in [-0.2, -0.15) is 0 Å². The molecule has 2 heterocycles. The predicted molar refractivity (Wildman–Crippen MR) is 187 cm³/mol. The number of anilines is 1. The van der Waals surface area contributed by atoms with Crippen LogP contribution in [0.3, 0.4) is 0 Å². The van der Waals surface area contributed by atoms with Crippen LogP contribution in [0.25, 0.3) is 10.9 Å². The Labute approximate surface area is 280 Å². The van der Waals surface area contributed by atoms with Crippen molar-refractivity contribution in [3.8, 4) is 0 Å². The molecule has 0 fully saturated rings. The fourth-order valence-electron chi connectivity index (χ4n) is 5.67. The van der Waals surface area contributed by atoms with E-state index >= 15 is 0 Å². The fraction of sp³-hybridized carbons (Fsp3) is 0.595. The minimum Gasteiger partial charge on any atom is -0.383 e. The summed E-state index contributed by atoms with van der Waals surface area (Å²) in [6.45, 7) is 11.1. The molecule has 47 heavy (non-hydrogen) atoms. The number of hydrogen-bond acceptors (Lipinski definition) is 7. The van der Waals surface area contributed by atoms with E-state index in [2.05, 4.69) is 40.7 Å². The van der Waals surface area contributed by atoms with E-state index < -0.39 is 23.0 Å². The summed E-state index contributed by atoms with van der Waals surface area (Å²) < 4.78 is 6.09. The Bertz CT molecular complexity index is 1400. The maximum Gasteiger partial charge on any atom is 0.253 e. The molecule has 0 spiro atoms. The molecule has 10 nitrogen and oxygen atoms in total. The fourth-order valence-corrected chi connectivity index (χ4v) is 5.67. The predicted octanol–water partition coefficient (Wildman–Crippen LogP) is 5.55. The Morgan fingerprint density at radius 2 is 1.60 bits per heavy atom. The molecule has 4 amide bonds. The third-order valence-electron chi connectivity index (χ3n) is 8.67. The van der Waals surface area contributed by atoms with Crippen molar-refractivity contribution in [2.45, 2.75) is 123 Å². The minimum absolute atomic E-state index is 0.0211. The zero-order valence-electron chi connectivity index (χ0n) is 29.1. The molecule has 0 saturated heterocycles. The molecule has 0 bridgehead atoms. The molecule has 1 aliphatic rings. The number of imide groups is 1. The van der Waals surface area contributed by atoms with Gasteiger partial charge in [0.2, 0.25) is 11.8 Å². The van der Waals surface area contributed by atoms with Crippen LogP contribution in [0.5, 0.6) is 0 Å². The first-order chi connectivity index (χ1) is 22.3. The quantitative estimate of drug-likeness (QED) is 0.119. The average Bonchev–Trinajstić information content (AvgIpc) is 3.33. The van der Waals surface area contributed by atoms with Crippen LogP contribution >= 0.6 is 0 Å². The van der Waals surface area contributed by atoms with Gasteiger partial charge < -0.3 is 21.1 Å². The van der Waals surface area contributed by atoms with Crippen LogP contribution in [-0.4, -0.2) is 64.3 Å². The second-order valence-electron chi connectivity index (χ2n) is 13.8. The first kappa shape index (κ1) is 37.7. The number of carbonyl (C=O) groups is 4. The van der Waals surface area contributed by atoms with Crippen LogP contribution in [0.4, 0.5) is 5.82 Å². The maximum absolute atomic E-state index is 12.5. The van der Waals surface area contributed by atoms with Gasteiger partial charge in [-0.05, 0) is 95.9 Å². The Kier molecular flexibility index (Phi) is 14.4. The molecule has 0 unspecified atom stereocenters. The van der Waals surface area contributed by atoms with Crippen LogP contribution in [0.15, 0.2) is 36.4 Å². The van der Waals surface area contributed by atoms with Gasteiger partial charge in [-0.15, -0.1) is 0 Å². The number of nitrogen functional groups attached to an aromatic ring is 1. The summed E-state index contributed by atoms with van der Waals surface area (Å²) in [6.07, 6.45) is 12.4. The van der Waals surface area contributed by atoms with Crippen molar-refractivity contribution in [3.63, 3.8) is 0 Å². The van der Waals surface area contributed by atoms with E-state index in [4.69, 9.17) is 10.5 Å². The van der Waals surface area contributed by atoms with Gasteiger partial charge in [0.1, 0.15) is 5.82 Å². The lowest BCUT2D eigenvalue weighted by Gasteiger charge is -2.30. The summed E-state index contributed by atoms with van der Waals surface area (Å²) in [4.78, 5) is 54.0. The van der Waals surface area contributed by atoms with E-state index in [0.29, 0.717) is 38.2 Å². The molecule has 10 heteroatoms. The zero-order chi connectivity index (χ0) is 34.5. The summed E-state index contributed by atoms with van der Waals surface area (Å²) >= 11 is 0. The standard InChI is InChI=1S/C37H55N5O5/c1-6-7-9-14-28-26-29-27(15-12-16-30(29)40-35(28)38)13-10-8-11-23-39-31(43)19-21-37(4,5)47-25-22-36(2,3)41-32(44)20-24-42-33(45)17-18-34(42)46/h12,15-18,26H,6-11,13-14,19-25H2,1-5H3,(H2,38,40)(H,39,43)(H,41,44). The molecule has 4 N–H and O–H groups in total. The van der Waals surface area contributed by atoms with Crippen LogP contribution < -0.4 is 16.4 Å². The van der Waals surface area contributed by atoms with Crippen LogP contribution in [0.1, 0.15) is 110 Å². The van der Waals surface area contributed by atoms with Gasteiger partial charge in [-0.25, -0.2) is 4.98 Å². The lowest BCUT2D eigenvalue weighted by atomic mass is 9.99. The third kappa shape index (κ3) is 12.7. The number of benzene rings is 1. The number of rotatable bonds is 21. The number of pyridine rings is 1. The molecule has 0 aliphatic carbocycles. The van der Waals surface area contributed by atoms with Gasteiger partial charge in [0.15, 0.2) is 0 Å². The number of unbranched alkanes of at least 4 members (excludes halogenated alkanes) is 4. The number of nitrogens with zero attached hydrogens (tertiary/aromatic N) is 2. The highest BCUT2D eigenvalue weighted by molar-refractivity contribution is 6.13. The van der Waals surface area contributed by atoms with E-state index in [1.807, 2.05) is 33.8 Å². The Morgan fingerprint density at radius 3 is 2.32 bits per heavy atom. The number of ether oxygens (including phenoxy) is 1. The van der Waals surface area contributed by atoms with Gasteiger partial charge in [0, 0.05) is 55.6 Å². The number of nitrogens with two attached hydrogens (primary N) is 1. The van der Waals surface area contributed by atoms with Gasteiger partial charge >= 0.3 is 0 Å². The first-order valence-corrected chi connectivity index (χ1v) is 17.2. The Morgan fingerprint density at radius 1 is 0.894 bits per heavy atom. The highest BCUT2D eigenvalue weighted by Crippen LogP contribution is 2.25. The van der Waals surface area contributed by atoms with E-state index in [-0.39, 0.29) is 24.8 Å². The molecule has 1 aliphatic heterocycles. The van der Waals surface area contributed by atoms with E-state index in [0.717, 1.165) is 54.5 Å². The van der Waals surface area contributed by atoms with Crippen LogP contribution in [0, 0.1) is 0 Å². The molecule has 1 aromatic heterocycles. The molecular formula is C37H55N5O5. The smallest absolute Gasteiger partial charge is 0.253 e. The molecule has 1 aromatic carbocycles. The molecule has 0 saturated carbocycles. The van der Waals surface area contributed by atoms with E-state index in [1.165, 1.54) is 35.9 Å². The highest BCUT2D eigenvalue weighted by Gasteiger charge is 2.27. The van der Waals surface area contributed by atoms with Gasteiger partial charge in [-0.1, -0.05) is 38.3 Å². The van der Waals surface area contributed by atoms with Gasteiger partial charge in [0.05, 0.1) is 11.1 Å². The number of aromatic nitrogens is 1. The summed E-state index contributed by atoms with van der Waals surface area (Å²) in [6, 6.07) is 8.50. The van der Waals surface area contributed by atoms with Crippen molar-refractivity contribution < 1.29 is 23.9 Å². The number of fused-ring (bicyclic) bond motifs is 1. The number of carbonyl (C=O) groups excluding carboxylic acids is 4. The van der Waals surface area contributed by atoms with Crippen LogP contribution in [0.2, 0.25) is 0 Å². The monoisotopic (exact) mass is 649 g/mol. The second kappa shape index (κ2) is 17.9. The van der Waals surface area contributed by atoms with E-state index in [1.54, 1.807) is 0 Å². The molecular weight excluding hydrogens is 594 g/mol. The molecule has 2 aromatic rings. The Balaban J connectivity index is 1.29. The molecule has 258 valence electrons. The Hall–Kier alpha value is -3.79. The number of amides is 4. The summed E-state index contributed by atoms with van der Waals surface area (Å²) in [5, 5.41) is 7.20. The molecule has 3 rings (SSSR count). The lowest BCUT2D eigenvalue weighted by molar-refractivity contribution is -0.137. The van der Waals surface area contributed by atoms with Crippen molar-refractivity contribution in [2.24, 2.45) is 0 Å². The molecule has 0 radical (unpaired) electrons. The van der Waals surface area contributed by atoms with Crippen molar-refractivity contribution in [2.75, 3.05) is 25.4 Å². The van der Waals surface area contributed by atoms with E-state index in [9.17, 15) is 19.2 Å². The number of nitrogens with one attached hydrogen (secondary N) is 2. The van der Waals surface area contributed by atoms with Crippen molar-refractivity contribution in [3.05, 3.63) is 47.5 Å². The number of aryl methyl sites for hydroxylation is 2. The number of hydrogen-bond donors (Lipinski definition) is 3. The molecule has 0 atom stereocenters. The van der Waals surface area contributed by atoms with Crippen molar-refractivity contribution >= 4 is 40.3 Å². The third-order valence-corrected chi connectivity index (χ3v) is 8.67. The highest BCUT2D eigenvalue weighted by atomic mass is 16.5. The maximum atomic E-state index is 12.5. The van der Waals surface area contributed by atoms with Crippen molar-refractivity contribution in [1.29, 1.82) is 0 Å². The zero-order valence-corrected chi connectivity index (χ0v) is 29.1. The minimum atomic E-state index is -0.530. The summed E-state index contributed by atoms with van der Waals surface area (Å²) in [7, 11) is 0.